The van der Waals surface area contributed by atoms with Gasteiger partial charge in [0.1, 0.15) is 0 Å². The number of thioether (sulfide) groups is 1. The van der Waals surface area contributed by atoms with Crippen molar-refractivity contribution in [1.29, 1.82) is 0 Å². The van der Waals surface area contributed by atoms with E-state index in [-0.39, 0.29) is 18.3 Å². The molecule has 1 unspecified atom stereocenters. The van der Waals surface area contributed by atoms with E-state index in [1.54, 1.807) is 11.8 Å². The third kappa shape index (κ3) is 6.17. The molecule has 1 aromatic rings. The van der Waals surface area contributed by atoms with Crippen LogP contribution in [0.2, 0.25) is 0 Å². The maximum Gasteiger partial charge on any atom is 0.221 e. The van der Waals surface area contributed by atoms with Gasteiger partial charge in [-0.15, -0.1) is 24.2 Å². The minimum Gasteiger partial charge on any atom is -0.352 e. The fraction of sp³-hybridized carbons (Fsp3) is 0.462. The normalized spacial score (nSPS) is 17.8. The van der Waals surface area contributed by atoms with Crippen LogP contribution in [0.25, 0.3) is 0 Å². The van der Waals surface area contributed by atoms with Gasteiger partial charge in [0.15, 0.2) is 0 Å². The van der Waals surface area contributed by atoms with Crippen molar-refractivity contribution in [2.24, 2.45) is 0 Å². The third-order valence-corrected chi connectivity index (χ3v) is 4.38. The summed E-state index contributed by atoms with van der Waals surface area (Å²) in [4.78, 5) is 12.9. The predicted octanol–water partition coefficient (Wildman–Crippen LogP) is 2.83. The van der Waals surface area contributed by atoms with Crippen molar-refractivity contribution < 1.29 is 4.79 Å². The van der Waals surface area contributed by atoms with E-state index >= 15 is 0 Å². The lowest BCUT2D eigenvalue weighted by Crippen LogP contribution is -2.36. The minimum absolute atomic E-state index is 0. The molecule has 19 heavy (non-hydrogen) atoms. The molecule has 106 valence electrons. The molecule has 2 rings (SSSR count). The van der Waals surface area contributed by atoms with Gasteiger partial charge in [-0.25, -0.2) is 0 Å². The molecule has 1 atom stereocenters. The zero-order valence-corrected chi connectivity index (χ0v) is 13.7. The first-order valence-corrected chi connectivity index (χ1v) is 7.90. The van der Waals surface area contributed by atoms with Crippen LogP contribution in [-0.4, -0.2) is 30.8 Å². The molecule has 2 N–H and O–H groups in total. The molecule has 0 saturated carbocycles. The summed E-state index contributed by atoms with van der Waals surface area (Å²) in [6.07, 6.45) is 1.63. The quantitative estimate of drug-likeness (QED) is 0.788. The van der Waals surface area contributed by atoms with Crippen molar-refractivity contribution in [2.45, 2.75) is 23.8 Å². The number of hydrogen-bond donors (Lipinski definition) is 2. The number of rotatable bonds is 5. The molecular weight excluding hydrogens is 348 g/mol. The molecule has 1 aromatic carbocycles. The predicted molar refractivity (Wildman–Crippen MR) is 86.1 cm³/mol. The van der Waals surface area contributed by atoms with Gasteiger partial charge in [-0.3, -0.25) is 4.79 Å². The average molecular weight is 366 g/mol. The van der Waals surface area contributed by atoms with Gasteiger partial charge in [-0.05, 0) is 37.2 Å². The molecule has 0 aliphatic carbocycles. The van der Waals surface area contributed by atoms with Gasteiger partial charge in [0.2, 0.25) is 5.91 Å². The van der Waals surface area contributed by atoms with Crippen LogP contribution in [-0.2, 0) is 4.79 Å². The highest BCUT2D eigenvalue weighted by Gasteiger charge is 2.16. The average Bonchev–Trinajstić information content (AvgIpc) is 2.84. The molecule has 1 amide bonds. The van der Waals surface area contributed by atoms with Crippen molar-refractivity contribution in [3.63, 3.8) is 0 Å². The van der Waals surface area contributed by atoms with Crippen LogP contribution in [0.4, 0.5) is 0 Å². The molecule has 1 aliphatic rings. The summed E-state index contributed by atoms with van der Waals surface area (Å²) in [7, 11) is 0. The van der Waals surface area contributed by atoms with E-state index in [1.165, 1.54) is 4.90 Å². The SMILES string of the molecule is Cl.O=C(CCSc1ccc(Br)cc1)NC1CCNC1. The van der Waals surface area contributed by atoms with E-state index in [9.17, 15) is 4.79 Å². The zero-order valence-electron chi connectivity index (χ0n) is 10.5. The second kappa shape index (κ2) is 8.84. The Bertz CT molecular complexity index is 396. The van der Waals surface area contributed by atoms with Gasteiger partial charge in [0.25, 0.3) is 0 Å². The molecule has 1 aliphatic heterocycles. The fourth-order valence-electron chi connectivity index (χ4n) is 1.87. The Morgan fingerprint density at radius 2 is 2.16 bits per heavy atom. The van der Waals surface area contributed by atoms with Crippen LogP contribution in [0.1, 0.15) is 12.8 Å². The molecule has 1 fully saturated rings. The van der Waals surface area contributed by atoms with E-state index in [1.807, 2.05) is 12.1 Å². The van der Waals surface area contributed by atoms with Crippen LogP contribution in [0.5, 0.6) is 0 Å². The standard InChI is InChI=1S/C13H17BrN2OS.ClH/c14-10-1-3-12(4-2-10)18-8-6-13(17)16-11-5-7-15-9-11;/h1-4,11,15H,5-9H2,(H,16,17);1H. The minimum atomic E-state index is 0. The molecule has 0 spiro atoms. The largest absolute Gasteiger partial charge is 0.352 e. The first kappa shape index (κ1) is 16.8. The number of carbonyl (C=O) groups excluding carboxylic acids is 1. The Labute approximate surface area is 132 Å². The zero-order chi connectivity index (χ0) is 12.8. The Morgan fingerprint density at radius 1 is 1.42 bits per heavy atom. The van der Waals surface area contributed by atoms with E-state index < -0.39 is 0 Å². The number of benzene rings is 1. The number of hydrogen-bond acceptors (Lipinski definition) is 3. The highest BCUT2D eigenvalue weighted by molar-refractivity contribution is 9.10. The monoisotopic (exact) mass is 364 g/mol. The summed E-state index contributed by atoms with van der Waals surface area (Å²) in [6.45, 7) is 1.92. The summed E-state index contributed by atoms with van der Waals surface area (Å²) in [5.41, 5.74) is 0. The van der Waals surface area contributed by atoms with Crippen molar-refractivity contribution in [1.82, 2.24) is 10.6 Å². The Morgan fingerprint density at radius 3 is 2.79 bits per heavy atom. The highest BCUT2D eigenvalue weighted by Crippen LogP contribution is 2.21. The van der Waals surface area contributed by atoms with Crippen molar-refractivity contribution in [3.05, 3.63) is 28.7 Å². The van der Waals surface area contributed by atoms with E-state index in [4.69, 9.17) is 0 Å². The van der Waals surface area contributed by atoms with Crippen LogP contribution < -0.4 is 10.6 Å². The summed E-state index contributed by atoms with van der Waals surface area (Å²) >= 11 is 5.12. The first-order valence-electron chi connectivity index (χ1n) is 6.12. The Balaban J connectivity index is 0.00000180. The second-order valence-electron chi connectivity index (χ2n) is 4.31. The molecule has 1 saturated heterocycles. The van der Waals surface area contributed by atoms with Crippen LogP contribution in [0.15, 0.2) is 33.6 Å². The lowest BCUT2D eigenvalue weighted by atomic mass is 10.2. The lowest BCUT2D eigenvalue weighted by molar-refractivity contribution is -0.121. The molecule has 0 radical (unpaired) electrons. The molecule has 1 heterocycles. The number of amides is 1. The van der Waals surface area contributed by atoms with Gasteiger partial charge in [-0.1, -0.05) is 15.9 Å². The van der Waals surface area contributed by atoms with Gasteiger partial charge >= 0.3 is 0 Å². The maximum atomic E-state index is 11.7. The Kier molecular flexibility index (Phi) is 7.83. The first-order chi connectivity index (χ1) is 8.74. The lowest BCUT2D eigenvalue weighted by Gasteiger charge is -2.10. The summed E-state index contributed by atoms with van der Waals surface area (Å²) in [5, 5.41) is 6.29. The molecular formula is C13H18BrClN2OS. The van der Waals surface area contributed by atoms with Crippen molar-refractivity contribution in [2.75, 3.05) is 18.8 Å². The van der Waals surface area contributed by atoms with Gasteiger partial charge in [0, 0.05) is 34.1 Å². The molecule has 6 heteroatoms. The van der Waals surface area contributed by atoms with Crippen LogP contribution >= 0.6 is 40.1 Å². The number of halogens is 2. The number of nitrogens with one attached hydrogen (secondary N) is 2. The third-order valence-electron chi connectivity index (χ3n) is 2.84. The smallest absolute Gasteiger partial charge is 0.221 e. The Hall–Kier alpha value is -0.230. The molecule has 0 bridgehead atoms. The second-order valence-corrected chi connectivity index (χ2v) is 6.39. The van der Waals surface area contributed by atoms with Crippen molar-refractivity contribution in [3.8, 4) is 0 Å². The fourth-order valence-corrected chi connectivity index (χ4v) is 2.99. The van der Waals surface area contributed by atoms with E-state index in [0.717, 1.165) is 29.7 Å². The summed E-state index contributed by atoms with van der Waals surface area (Å²) in [6, 6.07) is 8.50. The topological polar surface area (TPSA) is 41.1 Å². The summed E-state index contributed by atoms with van der Waals surface area (Å²) < 4.78 is 1.08. The van der Waals surface area contributed by atoms with Gasteiger partial charge in [-0.2, -0.15) is 0 Å². The van der Waals surface area contributed by atoms with Gasteiger partial charge in [0.05, 0.1) is 0 Å². The van der Waals surface area contributed by atoms with E-state index in [2.05, 4.69) is 38.7 Å². The van der Waals surface area contributed by atoms with Crippen LogP contribution in [0.3, 0.4) is 0 Å². The van der Waals surface area contributed by atoms with Gasteiger partial charge < -0.3 is 10.6 Å². The number of carbonyl (C=O) groups is 1. The molecule has 3 nitrogen and oxygen atoms in total. The van der Waals surface area contributed by atoms with Crippen LogP contribution in [0, 0.1) is 0 Å². The van der Waals surface area contributed by atoms with Crippen molar-refractivity contribution >= 4 is 46.0 Å². The summed E-state index contributed by atoms with van der Waals surface area (Å²) in [5.74, 6) is 0.987. The maximum absolute atomic E-state index is 11.7. The molecule has 0 aromatic heterocycles. The van der Waals surface area contributed by atoms with E-state index in [0.29, 0.717) is 12.5 Å². The highest BCUT2D eigenvalue weighted by atomic mass is 79.9.